The maximum atomic E-state index is 12.2. The molecule has 1 saturated carbocycles. The van der Waals surface area contributed by atoms with Gasteiger partial charge in [0.05, 0.1) is 6.04 Å². The number of nitrogens with zero attached hydrogens (tertiary/aromatic N) is 2. The monoisotopic (exact) mass is 289 g/mol. The zero-order chi connectivity index (χ0) is 14.8. The predicted octanol–water partition coefficient (Wildman–Crippen LogP) is 1.64. The molecule has 1 N–H and O–H groups in total. The molecule has 0 radical (unpaired) electrons. The van der Waals surface area contributed by atoms with Gasteiger partial charge in [-0.2, -0.15) is 0 Å². The molecule has 1 fully saturated rings. The molecular weight excluding hydrogens is 266 g/mol. The fourth-order valence-electron chi connectivity index (χ4n) is 3.45. The van der Waals surface area contributed by atoms with Gasteiger partial charge in [-0.1, -0.05) is 12.8 Å². The molecule has 2 heterocycles. The van der Waals surface area contributed by atoms with E-state index in [1.54, 1.807) is 4.90 Å². The van der Waals surface area contributed by atoms with Crippen LogP contribution in [0.1, 0.15) is 42.6 Å². The third-order valence-electron chi connectivity index (χ3n) is 4.81. The van der Waals surface area contributed by atoms with Gasteiger partial charge in [-0.05, 0) is 30.9 Å². The van der Waals surface area contributed by atoms with Crippen molar-refractivity contribution in [3.05, 3.63) is 24.0 Å². The van der Waals surface area contributed by atoms with Crippen LogP contribution in [0.15, 0.2) is 18.3 Å². The molecule has 1 aromatic rings. The van der Waals surface area contributed by atoms with Crippen molar-refractivity contribution >= 4 is 11.8 Å². The molecule has 1 aromatic heterocycles. The number of carbonyl (C=O) groups is 2. The summed E-state index contributed by atoms with van der Waals surface area (Å²) in [7, 11) is 1.81. The number of likely N-dealkylation sites (N-methyl/N-ethyl adjacent to an activating group) is 1. The molecular formula is C16H23N3O2. The molecule has 0 aromatic carbocycles. The van der Waals surface area contributed by atoms with Crippen molar-refractivity contribution in [2.75, 3.05) is 13.6 Å². The van der Waals surface area contributed by atoms with Crippen LogP contribution in [0, 0.1) is 5.92 Å². The largest absolute Gasteiger partial charge is 0.354 e. The zero-order valence-electron chi connectivity index (χ0n) is 12.5. The maximum absolute atomic E-state index is 12.2. The smallest absolute Gasteiger partial charge is 0.270 e. The van der Waals surface area contributed by atoms with E-state index in [1.165, 1.54) is 25.7 Å². The predicted molar refractivity (Wildman–Crippen MR) is 79.9 cm³/mol. The van der Waals surface area contributed by atoms with Crippen LogP contribution in [-0.4, -0.2) is 40.9 Å². The Morgan fingerprint density at radius 3 is 2.90 bits per heavy atom. The molecule has 1 aliphatic carbocycles. The lowest BCUT2D eigenvalue weighted by molar-refractivity contribution is -0.122. The van der Waals surface area contributed by atoms with E-state index in [2.05, 4.69) is 5.32 Å². The van der Waals surface area contributed by atoms with E-state index in [0.717, 1.165) is 12.2 Å². The molecule has 3 rings (SSSR count). The van der Waals surface area contributed by atoms with Gasteiger partial charge in [0.1, 0.15) is 5.69 Å². The first-order chi connectivity index (χ1) is 10.1. The van der Waals surface area contributed by atoms with E-state index >= 15 is 0 Å². The van der Waals surface area contributed by atoms with Crippen LogP contribution in [0.4, 0.5) is 0 Å². The lowest BCUT2D eigenvalue weighted by atomic mass is 10.0. The number of rotatable bonds is 4. The number of fused-ring (bicyclic) bond motifs is 1. The van der Waals surface area contributed by atoms with Crippen LogP contribution in [0.2, 0.25) is 0 Å². The Balaban J connectivity index is 1.53. The summed E-state index contributed by atoms with van der Waals surface area (Å²) in [6, 6.07) is 3.76. The average molecular weight is 289 g/mol. The molecule has 2 aliphatic rings. The number of carbonyl (C=O) groups excluding carboxylic acids is 2. The van der Waals surface area contributed by atoms with Gasteiger partial charge in [-0.15, -0.1) is 0 Å². The molecule has 114 valence electrons. The zero-order valence-corrected chi connectivity index (χ0v) is 12.5. The highest BCUT2D eigenvalue weighted by atomic mass is 16.2. The Labute approximate surface area is 125 Å². The molecule has 1 aliphatic heterocycles. The second-order valence-corrected chi connectivity index (χ2v) is 6.27. The van der Waals surface area contributed by atoms with Gasteiger partial charge in [-0.25, -0.2) is 0 Å². The van der Waals surface area contributed by atoms with E-state index in [1.807, 2.05) is 29.9 Å². The third kappa shape index (κ3) is 2.96. The van der Waals surface area contributed by atoms with Crippen LogP contribution >= 0.6 is 0 Å². The Hall–Kier alpha value is -1.78. The van der Waals surface area contributed by atoms with Crippen molar-refractivity contribution in [2.24, 2.45) is 5.92 Å². The second-order valence-electron chi connectivity index (χ2n) is 6.27. The number of amides is 2. The van der Waals surface area contributed by atoms with Crippen molar-refractivity contribution in [3.63, 3.8) is 0 Å². The number of aromatic nitrogens is 1. The normalized spacial score (nSPS) is 22.4. The molecule has 5 nitrogen and oxygen atoms in total. The van der Waals surface area contributed by atoms with Crippen molar-refractivity contribution in [2.45, 2.75) is 44.7 Å². The van der Waals surface area contributed by atoms with Crippen molar-refractivity contribution in [1.29, 1.82) is 0 Å². The molecule has 1 atom stereocenters. The second kappa shape index (κ2) is 5.92. The molecule has 0 bridgehead atoms. The maximum Gasteiger partial charge on any atom is 0.270 e. The van der Waals surface area contributed by atoms with Crippen molar-refractivity contribution in [1.82, 2.24) is 14.8 Å². The first kappa shape index (κ1) is 14.2. The molecule has 21 heavy (non-hydrogen) atoms. The van der Waals surface area contributed by atoms with Gasteiger partial charge >= 0.3 is 0 Å². The highest BCUT2D eigenvalue weighted by Gasteiger charge is 2.29. The Morgan fingerprint density at radius 1 is 1.38 bits per heavy atom. The first-order valence-corrected chi connectivity index (χ1v) is 7.84. The van der Waals surface area contributed by atoms with Gasteiger partial charge in [0, 0.05) is 32.8 Å². The van der Waals surface area contributed by atoms with Crippen LogP contribution in [0.5, 0.6) is 0 Å². The van der Waals surface area contributed by atoms with E-state index in [0.29, 0.717) is 18.9 Å². The van der Waals surface area contributed by atoms with Crippen LogP contribution in [0.3, 0.4) is 0 Å². The quantitative estimate of drug-likeness (QED) is 0.916. The standard InChI is InChI=1S/C16H23N3O2/c1-18-13(11-19-8-4-7-14(19)16(18)21)10-17-15(20)9-12-5-2-3-6-12/h4,7-8,12-13H,2-3,5-6,9-11H2,1H3,(H,17,20). The minimum Gasteiger partial charge on any atom is -0.354 e. The summed E-state index contributed by atoms with van der Waals surface area (Å²) in [5.74, 6) is 0.717. The van der Waals surface area contributed by atoms with Crippen LogP contribution in [0.25, 0.3) is 0 Å². The number of nitrogens with one attached hydrogen (secondary N) is 1. The highest BCUT2D eigenvalue weighted by Crippen LogP contribution is 2.27. The summed E-state index contributed by atoms with van der Waals surface area (Å²) in [5, 5.41) is 3.01. The average Bonchev–Trinajstić information content (AvgIpc) is 3.12. The summed E-state index contributed by atoms with van der Waals surface area (Å²) >= 11 is 0. The summed E-state index contributed by atoms with van der Waals surface area (Å²) in [5.41, 5.74) is 0.728. The summed E-state index contributed by atoms with van der Waals surface area (Å²) in [6.07, 6.45) is 7.44. The fraction of sp³-hybridized carbons (Fsp3) is 0.625. The first-order valence-electron chi connectivity index (χ1n) is 7.84. The topological polar surface area (TPSA) is 54.3 Å². The molecule has 5 heteroatoms. The molecule has 0 saturated heterocycles. The van der Waals surface area contributed by atoms with E-state index in [4.69, 9.17) is 0 Å². The van der Waals surface area contributed by atoms with Gasteiger partial charge < -0.3 is 14.8 Å². The van der Waals surface area contributed by atoms with Gasteiger partial charge in [-0.3, -0.25) is 9.59 Å². The molecule has 1 unspecified atom stereocenters. The Kier molecular flexibility index (Phi) is 3.99. The van der Waals surface area contributed by atoms with Crippen LogP contribution < -0.4 is 5.32 Å². The Morgan fingerprint density at radius 2 is 2.14 bits per heavy atom. The molecule has 2 amide bonds. The van der Waals surface area contributed by atoms with Gasteiger partial charge in [0.2, 0.25) is 5.91 Å². The minimum absolute atomic E-state index is 0.0290. The van der Waals surface area contributed by atoms with Gasteiger partial charge in [0.25, 0.3) is 5.91 Å². The van der Waals surface area contributed by atoms with Crippen LogP contribution in [-0.2, 0) is 11.3 Å². The lowest BCUT2D eigenvalue weighted by Gasteiger charge is -2.34. The highest BCUT2D eigenvalue weighted by molar-refractivity contribution is 5.93. The SMILES string of the molecule is CN1C(=O)c2cccn2CC1CNC(=O)CC1CCCC1. The third-order valence-corrected chi connectivity index (χ3v) is 4.81. The Bertz CT molecular complexity index is 531. The lowest BCUT2D eigenvalue weighted by Crippen LogP contribution is -2.50. The van der Waals surface area contributed by atoms with Gasteiger partial charge in [0.15, 0.2) is 0 Å². The summed E-state index contributed by atoms with van der Waals surface area (Å²) in [4.78, 5) is 25.9. The molecule has 0 spiro atoms. The number of hydrogen-bond acceptors (Lipinski definition) is 2. The van der Waals surface area contributed by atoms with E-state index < -0.39 is 0 Å². The summed E-state index contributed by atoms with van der Waals surface area (Å²) in [6.45, 7) is 1.28. The van der Waals surface area contributed by atoms with Crippen molar-refractivity contribution in [3.8, 4) is 0 Å². The van der Waals surface area contributed by atoms with E-state index in [9.17, 15) is 9.59 Å². The number of hydrogen-bond donors (Lipinski definition) is 1. The fourth-order valence-corrected chi connectivity index (χ4v) is 3.45. The van der Waals surface area contributed by atoms with E-state index in [-0.39, 0.29) is 17.9 Å². The summed E-state index contributed by atoms with van der Waals surface area (Å²) < 4.78 is 1.97. The minimum atomic E-state index is 0.0290. The van der Waals surface area contributed by atoms with Crippen molar-refractivity contribution < 1.29 is 9.59 Å².